The number of carboxylic acids is 1. The fourth-order valence-electron chi connectivity index (χ4n) is 3.00. The molecule has 1 amide bonds. The third-order valence-corrected chi connectivity index (χ3v) is 4.60. The SMILES string of the molecule is Cc1cccc(C)c1NC(=O)C[C@@H](CN1CCN(C)CC1)C(=O)O. The standard InChI is InChI=1S/C18H27N3O3/c1-13-5-4-6-14(2)17(13)19-16(22)11-15(18(23)24)12-21-9-7-20(3)8-10-21/h4-6,15H,7-12H2,1-3H3,(H,19,22)(H,23,24)/t15-/m0/s1. The normalized spacial score (nSPS) is 17.5. The first-order valence-corrected chi connectivity index (χ1v) is 8.36. The number of carboxylic acid groups (broad SMARTS) is 1. The van der Waals surface area contributed by atoms with Crippen LogP contribution in [0.3, 0.4) is 0 Å². The highest BCUT2D eigenvalue weighted by Gasteiger charge is 2.26. The molecule has 1 atom stereocenters. The molecule has 24 heavy (non-hydrogen) atoms. The first kappa shape index (κ1) is 18.4. The van der Waals surface area contributed by atoms with Crippen molar-refractivity contribution in [3.05, 3.63) is 29.3 Å². The quantitative estimate of drug-likeness (QED) is 0.827. The van der Waals surface area contributed by atoms with Crippen LogP contribution in [-0.4, -0.2) is 66.6 Å². The third-order valence-electron chi connectivity index (χ3n) is 4.60. The number of nitrogens with one attached hydrogen (secondary N) is 1. The van der Waals surface area contributed by atoms with Gasteiger partial charge in [-0.2, -0.15) is 0 Å². The molecule has 0 saturated carbocycles. The number of nitrogens with zero attached hydrogens (tertiary/aromatic N) is 2. The smallest absolute Gasteiger partial charge is 0.308 e. The lowest BCUT2D eigenvalue weighted by Gasteiger charge is -2.33. The van der Waals surface area contributed by atoms with Crippen molar-refractivity contribution in [2.24, 2.45) is 5.92 Å². The van der Waals surface area contributed by atoms with Crippen molar-refractivity contribution in [2.75, 3.05) is 45.1 Å². The fourth-order valence-corrected chi connectivity index (χ4v) is 3.00. The van der Waals surface area contributed by atoms with Crippen LogP contribution in [0.25, 0.3) is 0 Å². The van der Waals surface area contributed by atoms with Gasteiger partial charge in [-0.3, -0.25) is 14.5 Å². The lowest BCUT2D eigenvalue weighted by atomic mass is 10.0. The summed E-state index contributed by atoms with van der Waals surface area (Å²) in [5.74, 6) is -1.84. The lowest BCUT2D eigenvalue weighted by molar-refractivity contribution is -0.144. The summed E-state index contributed by atoms with van der Waals surface area (Å²) in [5, 5.41) is 12.3. The van der Waals surface area contributed by atoms with E-state index in [-0.39, 0.29) is 12.3 Å². The monoisotopic (exact) mass is 333 g/mol. The topological polar surface area (TPSA) is 72.9 Å². The van der Waals surface area contributed by atoms with Gasteiger partial charge in [0.05, 0.1) is 5.92 Å². The van der Waals surface area contributed by atoms with Crippen LogP contribution in [0.15, 0.2) is 18.2 Å². The maximum atomic E-state index is 12.3. The van der Waals surface area contributed by atoms with Gasteiger partial charge in [-0.15, -0.1) is 0 Å². The summed E-state index contributed by atoms with van der Waals surface area (Å²) in [4.78, 5) is 28.2. The summed E-state index contributed by atoms with van der Waals surface area (Å²) in [6, 6.07) is 5.80. The van der Waals surface area contributed by atoms with Gasteiger partial charge in [0.15, 0.2) is 0 Å². The number of benzene rings is 1. The molecule has 1 aliphatic rings. The van der Waals surface area contributed by atoms with E-state index in [9.17, 15) is 14.7 Å². The van der Waals surface area contributed by atoms with Gasteiger partial charge in [0.1, 0.15) is 0 Å². The molecular weight excluding hydrogens is 306 g/mol. The highest BCUT2D eigenvalue weighted by Crippen LogP contribution is 2.20. The van der Waals surface area contributed by atoms with Gasteiger partial charge in [-0.25, -0.2) is 0 Å². The molecule has 0 bridgehead atoms. The summed E-state index contributed by atoms with van der Waals surface area (Å²) < 4.78 is 0. The van der Waals surface area contributed by atoms with E-state index in [0.717, 1.165) is 43.0 Å². The Labute approximate surface area is 143 Å². The second-order valence-electron chi connectivity index (χ2n) is 6.66. The summed E-state index contributed by atoms with van der Waals surface area (Å²) in [6.45, 7) is 7.84. The van der Waals surface area contributed by atoms with E-state index < -0.39 is 11.9 Å². The molecule has 2 N–H and O–H groups in total. The number of hydrogen-bond donors (Lipinski definition) is 2. The Kier molecular flexibility index (Phi) is 6.34. The maximum absolute atomic E-state index is 12.3. The molecule has 0 radical (unpaired) electrons. The van der Waals surface area contributed by atoms with Crippen molar-refractivity contribution in [2.45, 2.75) is 20.3 Å². The van der Waals surface area contributed by atoms with E-state index in [2.05, 4.69) is 22.2 Å². The van der Waals surface area contributed by atoms with Crippen LogP contribution >= 0.6 is 0 Å². The predicted octanol–water partition coefficient (Wildman–Crippen LogP) is 1.58. The van der Waals surface area contributed by atoms with Crippen molar-refractivity contribution in [3.63, 3.8) is 0 Å². The second-order valence-corrected chi connectivity index (χ2v) is 6.66. The molecule has 132 valence electrons. The first-order chi connectivity index (χ1) is 11.4. The number of amides is 1. The van der Waals surface area contributed by atoms with Crippen molar-refractivity contribution in [1.29, 1.82) is 0 Å². The molecule has 2 rings (SSSR count). The van der Waals surface area contributed by atoms with E-state index in [1.54, 1.807) is 0 Å². The fraction of sp³-hybridized carbons (Fsp3) is 0.556. The van der Waals surface area contributed by atoms with E-state index in [0.29, 0.717) is 6.54 Å². The molecule has 0 aromatic heterocycles. The number of para-hydroxylation sites is 1. The van der Waals surface area contributed by atoms with Gasteiger partial charge in [0, 0.05) is 44.8 Å². The molecule has 1 aromatic carbocycles. The van der Waals surface area contributed by atoms with Gasteiger partial charge in [-0.05, 0) is 32.0 Å². The Morgan fingerprint density at radius 3 is 2.29 bits per heavy atom. The van der Waals surface area contributed by atoms with Gasteiger partial charge in [0.25, 0.3) is 0 Å². The molecule has 0 aliphatic carbocycles. The number of anilines is 1. The number of piperazine rings is 1. The van der Waals surface area contributed by atoms with Gasteiger partial charge in [0.2, 0.25) is 5.91 Å². The molecule has 0 unspecified atom stereocenters. The van der Waals surface area contributed by atoms with E-state index in [1.807, 2.05) is 32.0 Å². The zero-order valence-corrected chi connectivity index (χ0v) is 14.7. The van der Waals surface area contributed by atoms with Crippen LogP contribution in [0.2, 0.25) is 0 Å². The summed E-state index contributed by atoms with van der Waals surface area (Å²) in [7, 11) is 2.06. The van der Waals surface area contributed by atoms with Crippen molar-refractivity contribution in [1.82, 2.24) is 9.80 Å². The van der Waals surface area contributed by atoms with Crippen LogP contribution < -0.4 is 5.32 Å². The zero-order chi connectivity index (χ0) is 17.7. The molecule has 1 aromatic rings. The molecule has 6 nitrogen and oxygen atoms in total. The van der Waals surface area contributed by atoms with Crippen LogP contribution in [0, 0.1) is 19.8 Å². The van der Waals surface area contributed by atoms with Crippen molar-refractivity contribution < 1.29 is 14.7 Å². The number of likely N-dealkylation sites (N-methyl/N-ethyl adjacent to an activating group) is 1. The highest BCUT2D eigenvalue weighted by molar-refractivity contribution is 5.94. The minimum absolute atomic E-state index is 0.00452. The number of rotatable bonds is 6. The summed E-state index contributed by atoms with van der Waals surface area (Å²) >= 11 is 0. The summed E-state index contributed by atoms with van der Waals surface area (Å²) in [5.41, 5.74) is 2.75. The minimum Gasteiger partial charge on any atom is -0.481 e. The molecule has 1 fully saturated rings. The average molecular weight is 333 g/mol. The van der Waals surface area contributed by atoms with E-state index in [1.165, 1.54) is 0 Å². The molecular formula is C18H27N3O3. The molecule has 0 spiro atoms. The van der Waals surface area contributed by atoms with Crippen LogP contribution in [0.1, 0.15) is 17.5 Å². The van der Waals surface area contributed by atoms with Crippen LogP contribution in [-0.2, 0) is 9.59 Å². The number of carbonyl (C=O) groups is 2. The molecule has 6 heteroatoms. The number of aliphatic carboxylic acids is 1. The molecule has 1 saturated heterocycles. The lowest BCUT2D eigenvalue weighted by Crippen LogP contribution is -2.47. The Morgan fingerprint density at radius 2 is 1.75 bits per heavy atom. The van der Waals surface area contributed by atoms with E-state index in [4.69, 9.17) is 0 Å². The third kappa shape index (κ3) is 5.04. The Bertz CT molecular complexity index is 575. The Hall–Kier alpha value is -1.92. The van der Waals surface area contributed by atoms with E-state index >= 15 is 0 Å². The second kappa shape index (κ2) is 8.26. The van der Waals surface area contributed by atoms with Gasteiger partial charge < -0.3 is 15.3 Å². The number of aryl methyl sites for hydroxylation is 2. The minimum atomic E-state index is -0.911. The molecule has 1 heterocycles. The van der Waals surface area contributed by atoms with Gasteiger partial charge >= 0.3 is 5.97 Å². The Balaban J connectivity index is 1.95. The van der Waals surface area contributed by atoms with Crippen molar-refractivity contribution in [3.8, 4) is 0 Å². The molecule has 1 aliphatic heterocycles. The average Bonchev–Trinajstić information content (AvgIpc) is 2.52. The largest absolute Gasteiger partial charge is 0.481 e. The first-order valence-electron chi connectivity index (χ1n) is 8.36. The number of carbonyl (C=O) groups excluding carboxylic acids is 1. The summed E-state index contributed by atoms with van der Waals surface area (Å²) in [6.07, 6.45) is -0.00452. The predicted molar refractivity (Wildman–Crippen MR) is 94.2 cm³/mol. The maximum Gasteiger partial charge on any atom is 0.308 e. The van der Waals surface area contributed by atoms with Crippen molar-refractivity contribution >= 4 is 17.6 Å². The van der Waals surface area contributed by atoms with Crippen LogP contribution in [0.5, 0.6) is 0 Å². The highest BCUT2D eigenvalue weighted by atomic mass is 16.4. The zero-order valence-electron chi connectivity index (χ0n) is 14.7. The number of hydrogen-bond acceptors (Lipinski definition) is 4. The van der Waals surface area contributed by atoms with Gasteiger partial charge in [-0.1, -0.05) is 18.2 Å². The Morgan fingerprint density at radius 1 is 1.17 bits per heavy atom. The van der Waals surface area contributed by atoms with Crippen LogP contribution in [0.4, 0.5) is 5.69 Å².